The van der Waals surface area contributed by atoms with E-state index in [1.165, 1.54) is 0 Å². The van der Waals surface area contributed by atoms with E-state index >= 15 is 0 Å². The molecule has 4 nitrogen and oxygen atoms in total. The fraction of sp³-hybridized carbons (Fsp3) is 0.929. The van der Waals surface area contributed by atoms with Gasteiger partial charge in [-0.25, -0.2) is 0 Å². The molecule has 4 heteroatoms. The first kappa shape index (κ1) is 17.4. The van der Waals surface area contributed by atoms with Crippen LogP contribution in [0.3, 0.4) is 0 Å². The van der Waals surface area contributed by atoms with Crippen molar-refractivity contribution in [1.82, 2.24) is 10.6 Å². The van der Waals surface area contributed by atoms with Crippen molar-refractivity contribution in [2.24, 2.45) is 5.41 Å². The summed E-state index contributed by atoms with van der Waals surface area (Å²) in [5, 5.41) is 15.4. The molecule has 0 rings (SSSR count). The maximum absolute atomic E-state index is 12.0. The van der Waals surface area contributed by atoms with Crippen molar-refractivity contribution in [3.8, 4) is 0 Å². The molecule has 2 atom stereocenters. The lowest BCUT2D eigenvalue weighted by Crippen LogP contribution is -2.54. The number of hydrogen-bond donors (Lipinski definition) is 3. The Bertz CT molecular complexity index is 264. The van der Waals surface area contributed by atoms with Gasteiger partial charge in [-0.05, 0) is 39.5 Å². The fourth-order valence-electron chi connectivity index (χ4n) is 1.75. The molecule has 2 unspecified atom stereocenters. The Morgan fingerprint density at radius 2 is 1.67 bits per heavy atom. The molecule has 0 aromatic heterocycles. The van der Waals surface area contributed by atoms with Crippen LogP contribution in [0.1, 0.15) is 54.9 Å². The fourth-order valence-corrected chi connectivity index (χ4v) is 1.75. The Morgan fingerprint density at radius 1 is 1.17 bits per heavy atom. The largest absolute Gasteiger partial charge is 0.396 e. The van der Waals surface area contributed by atoms with Gasteiger partial charge in [0.25, 0.3) is 0 Å². The van der Waals surface area contributed by atoms with Crippen molar-refractivity contribution in [2.75, 3.05) is 6.61 Å². The summed E-state index contributed by atoms with van der Waals surface area (Å²) in [6.45, 7) is 14.2. The van der Waals surface area contributed by atoms with Gasteiger partial charge < -0.3 is 15.7 Å². The van der Waals surface area contributed by atoms with Crippen LogP contribution in [-0.4, -0.2) is 35.2 Å². The van der Waals surface area contributed by atoms with Crippen LogP contribution in [0.2, 0.25) is 0 Å². The van der Waals surface area contributed by atoms with Crippen LogP contribution < -0.4 is 10.6 Å². The Kier molecular flexibility index (Phi) is 6.30. The van der Waals surface area contributed by atoms with Crippen molar-refractivity contribution < 1.29 is 9.90 Å². The third kappa shape index (κ3) is 6.97. The zero-order valence-corrected chi connectivity index (χ0v) is 12.9. The first-order valence-corrected chi connectivity index (χ1v) is 6.66. The Morgan fingerprint density at radius 3 is 2.00 bits per heavy atom. The maximum atomic E-state index is 12.0. The number of nitrogens with one attached hydrogen (secondary N) is 2. The number of amides is 1. The van der Waals surface area contributed by atoms with E-state index in [4.69, 9.17) is 5.11 Å². The van der Waals surface area contributed by atoms with E-state index in [0.29, 0.717) is 6.42 Å². The maximum Gasteiger partial charge on any atom is 0.237 e. The van der Waals surface area contributed by atoms with Gasteiger partial charge in [0.15, 0.2) is 0 Å². The lowest BCUT2D eigenvalue weighted by molar-refractivity contribution is -0.124. The molecular weight excluding hydrogens is 228 g/mol. The minimum absolute atomic E-state index is 0.00492. The number of carbonyl (C=O) groups is 1. The molecule has 0 radical (unpaired) electrons. The summed E-state index contributed by atoms with van der Waals surface area (Å²) in [7, 11) is 0. The molecule has 0 saturated carbocycles. The van der Waals surface area contributed by atoms with Crippen LogP contribution in [0.4, 0.5) is 0 Å². The molecule has 18 heavy (non-hydrogen) atoms. The summed E-state index contributed by atoms with van der Waals surface area (Å²) in [4.78, 5) is 12.0. The number of aliphatic hydroxyl groups is 1. The van der Waals surface area contributed by atoms with Gasteiger partial charge in [0.05, 0.1) is 6.04 Å². The van der Waals surface area contributed by atoms with Crippen molar-refractivity contribution in [3.05, 3.63) is 0 Å². The molecule has 0 aliphatic carbocycles. The van der Waals surface area contributed by atoms with Crippen LogP contribution in [0, 0.1) is 5.41 Å². The molecule has 0 aliphatic heterocycles. The SMILES string of the molecule is CC(NC(CCO)C(C)(C)C)C(=O)NC(C)(C)C. The van der Waals surface area contributed by atoms with Gasteiger partial charge in [-0.15, -0.1) is 0 Å². The summed E-state index contributed by atoms with van der Waals surface area (Å²) in [5.41, 5.74) is -0.208. The van der Waals surface area contributed by atoms with Gasteiger partial charge in [-0.2, -0.15) is 0 Å². The predicted octanol–water partition coefficient (Wildman–Crippen LogP) is 1.68. The number of hydrogen-bond acceptors (Lipinski definition) is 3. The highest BCUT2D eigenvalue weighted by Gasteiger charge is 2.28. The Balaban J connectivity index is 4.51. The van der Waals surface area contributed by atoms with Crippen LogP contribution in [0.5, 0.6) is 0 Å². The summed E-state index contributed by atoms with van der Waals surface area (Å²) >= 11 is 0. The highest BCUT2D eigenvalue weighted by molar-refractivity contribution is 5.81. The molecule has 0 aromatic rings. The molecule has 0 spiro atoms. The van der Waals surface area contributed by atoms with Crippen molar-refractivity contribution in [3.63, 3.8) is 0 Å². The minimum Gasteiger partial charge on any atom is -0.396 e. The minimum atomic E-state index is -0.264. The highest BCUT2D eigenvalue weighted by Crippen LogP contribution is 2.22. The van der Waals surface area contributed by atoms with Crippen LogP contribution in [0.25, 0.3) is 0 Å². The summed E-state index contributed by atoms with van der Waals surface area (Å²) < 4.78 is 0. The highest BCUT2D eigenvalue weighted by atomic mass is 16.3. The second-order valence-electron chi connectivity index (χ2n) is 7.06. The van der Waals surface area contributed by atoms with Crippen LogP contribution in [-0.2, 0) is 4.79 Å². The third-order valence-electron chi connectivity index (χ3n) is 2.81. The molecular formula is C14H30N2O2. The monoisotopic (exact) mass is 258 g/mol. The Hall–Kier alpha value is -0.610. The molecule has 0 fully saturated rings. The predicted molar refractivity (Wildman–Crippen MR) is 75.4 cm³/mol. The molecule has 3 N–H and O–H groups in total. The lowest BCUT2D eigenvalue weighted by atomic mass is 9.84. The van der Waals surface area contributed by atoms with Gasteiger partial charge in [0, 0.05) is 18.2 Å². The molecule has 1 amide bonds. The van der Waals surface area contributed by atoms with Gasteiger partial charge in [0.1, 0.15) is 0 Å². The van der Waals surface area contributed by atoms with Gasteiger partial charge in [-0.3, -0.25) is 4.79 Å². The van der Waals surface area contributed by atoms with E-state index in [-0.39, 0.29) is 35.6 Å². The van der Waals surface area contributed by atoms with E-state index in [0.717, 1.165) is 0 Å². The van der Waals surface area contributed by atoms with E-state index in [2.05, 4.69) is 31.4 Å². The molecule has 0 saturated heterocycles. The second-order valence-corrected chi connectivity index (χ2v) is 7.06. The molecule has 0 aromatic carbocycles. The number of aliphatic hydroxyl groups excluding tert-OH is 1. The van der Waals surface area contributed by atoms with Crippen LogP contribution in [0.15, 0.2) is 0 Å². The average Bonchev–Trinajstić information content (AvgIpc) is 2.12. The average molecular weight is 258 g/mol. The number of rotatable bonds is 5. The third-order valence-corrected chi connectivity index (χ3v) is 2.81. The number of carbonyl (C=O) groups excluding carboxylic acids is 1. The quantitative estimate of drug-likeness (QED) is 0.703. The molecule has 0 aliphatic rings. The lowest BCUT2D eigenvalue weighted by Gasteiger charge is -2.34. The second kappa shape index (κ2) is 6.53. The standard InChI is InChI=1S/C14H30N2O2/c1-10(12(18)16-14(5,6)7)15-11(8-9-17)13(2,3)4/h10-11,15,17H,8-9H2,1-7H3,(H,16,18). The molecule has 0 bridgehead atoms. The summed E-state index contributed by atoms with van der Waals surface area (Å²) in [6.07, 6.45) is 0.649. The van der Waals surface area contributed by atoms with Gasteiger partial charge in [-0.1, -0.05) is 20.8 Å². The first-order chi connectivity index (χ1) is 7.97. The van der Waals surface area contributed by atoms with Gasteiger partial charge in [0.2, 0.25) is 5.91 Å². The normalized spacial score (nSPS) is 16.2. The molecule has 108 valence electrons. The van der Waals surface area contributed by atoms with E-state index in [1.54, 1.807) is 0 Å². The van der Waals surface area contributed by atoms with E-state index < -0.39 is 0 Å². The van der Waals surface area contributed by atoms with Crippen molar-refractivity contribution in [1.29, 1.82) is 0 Å². The van der Waals surface area contributed by atoms with E-state index in [9.17, 15) is 4.79 Å². The summed E-state index contributed by atoms with van der Waals surface area (Å²) in [5.74, 6) is -0.00492. The summed E-state index contributed by atoms with van der Waals surface area (Å²) in [6, 6.07) is -0.150. The Labute approximate surface area is 112 Å². The molecule has 0 heterocycles. The first-order valence-electron chi connectivity index (χ1n) is 6.66. The smallest absolute Gasteiger partial charge is 0.237 e. The van der Waals surface area contributed by atoms with Crippen molar-refractivity contribution >= 4 is 5.91 Å². The topological polar surface area (TPSA) is 61.4 Å². The van der Waals surface area contributed by atoms with Gasteiger partial charge >= 0.3 is 0 Å². The zero-order chi connectivity index (χ0) is 14.6. The zero-order valence-electron chi connectivity index (χ0n) is 12.9. The van der Waals surface area contributed by atoms with Crippen LogP contribution >= 0.6 is 0 Å². The van der Waals surface area contributed by atoms with Crippen molar-refractivity contribution in [2.45, 2.75) is 72.5 Å². The van der Waals surface area contributed by atoms with E-state index in [1.807, 2.05) is 27.7 Å².